The van der Waals surface area contributed by atoms with E-state index in [1.807, 2.05) is 47.2 Å². The molecular weight excluding hydrogens is 401 g/mol. The van der Waals surface area contributed by atoms with E-state index in [4.69, 9.17) is 0 Å². The zero-order chi connectivity index (χ0) is 13.9. The van der Waals surface area contributed by atoms with Gasteiger partial charge >= 0.3 is 0 Å². The van der Waals surface area contributed by atoms with Crippen LogP contribution in [0.5, 0.6) is 0 Å². The lowest BCUT2D eigenvalue weighted by atomic mass is 10.0. The van der Waals surface area contributed by atoms with Crippen molar-refractivity contribution in [3.05, 3.63) is 51.9 Å². The Hall–Kier alpha value is -1.05. The molecule has 1 amide bonds. The first-order chi connectivity index (χ1) is 9.74. The van der Waals surface area contributed by atoms with Gasteiger partial charge in [-0.1, -0.05) is 0 Å². The summed E-state index contributed by atoms with van der Waals surface area (Å²) in [6, 6.07) is 11.9. The van der Waals surface area contributed by atoms with Crippen molar-refractivity contribution in [3.8, 4) is 5.69 Å². The third-order valence-electron chi connectivity index (χ3n) is 3.50. The molecule has 1 aliphatic heterocycles. The fraction of sp³-hybridized carbons (Fsp3) is 0.267. The van der Waals surface area contributed by atoms with Crippen molar-refractivity contribution < 1.29 is 4.79 Å². The van der Waals surface area contributed by atoms with Crippen LogP contribution in [0.4, 0.5) is 0 Å². The summed E-state index contributed by atoms with van der Waals surface area (Å²) in [6.45, 7) is 2.74. The van der Waals surface area contributed by atoms with Crippen molar-refractivity contribution in [1.29, 1.82) is 0 Å². The number of carbonyl (C=O) groups is 1. The van der Waals surface area contributed by atoms with E-state index >= 15 is 0 Å². The van der Waals surface area contributed by atoms with E-state index in [0.717, 1.165) is 25.3 Å². The Morgan fingerprint density at radius 3 is 2.62 bits per heavy atom. The molecule has 0 spiro atoms. The number of halogens is 2. The van der Waals surface area contributed by atoms with E-state index in [0.29, 0.717) is 11.6 Å². The largest absolute Gasteiger partial charge is 0.350 e. The fourth-order valence-electron chi connectivity index (χ4n) is 2.21. The van der Waals surface area contributed by atoms with Crippen molar-refractivity contribution in [1.82, 2.24) is 15.2 Å². The van der Waals surface area contributed by atoms with Crippen LogP contribution in [-0.4, -0.2) is 30.1 Å². The third-order valence-corrected chi connectivity index (χ3v) is 4.22. The number of benzene rings is 1. The maximum absolute atomic E-state index is 12.3. The lowest BCUT2D eigenvalue weighted by Crippen LogP contribution is -2.48. The second-order valence-electron chi connectivity index (χ2n) is 4.97. The summed E-state index contributed by atoms with van der Waals surface area (Å²) < 4.78 is 3.10. The highest BCUT2D eigenvalue weighted by molar-refractivity contribution is 14.1. The molecule has 0 unspecified atom stereocenters. The number of aromatic nitrogens is 1. The van der Waals surface area contributed by atoms with Crippen LogP contribution < -0.4 is 10.6 Å². The van der Waals surface area contributed by atoms with Crippen molar-refractivity contribution in [2.24, 2.45) is 5.92 Å². The molecule has 21 heavy (non-hydrogen) atoms. The zero-order valence-electron chi connectivity index (χ0n) is 11.4. The predicted octanol–water partition coefficient (Wildman–Crippen LogP) is 2.45. The molecule has 2 aromatic rings. The maximum atomic E-state index is 12.3. The summed E-state index contributed by atoms with van der Waals surface area (Å²) in [4.78, 5) is 12.3. The molecule has 0 saturated carbocycles. The van der Waals surface area contributed by atoms with E-state index < -0.39 is 0 Å². The summed E-state index contributed by atoms with van der Waals surface area (Å²) in [5.41, 5.74) is 1.68. The van der Waals surface area contributed by atoms with Crippen LogP contribution in [0.25, 0.3) is 5.69 Å². The molecule has 1 aromatic carbocycles. The van der Waals surface area contributed by atoms with E-state index in [-0.39, 0.29) is 18.3 Å². The molecule has 0 aliphatic carbocycles. The topological polar surface area (TPSA) is 46.1 Å². The molecule has 3 rings (SSSR count). The van der Waals surface area contributed by atoms with Gasteiger partial charge in [0, 0.05) is 41.0 Å². The quantitative estimate of drug-likeness (QED) is 0.751. The average Bonchev–Trinajstić information content (AvgIpc) is 2.87. The van der Waals surface area contributed by atoms with Crippen LogP contribution in [-0.2, 0) is 0 Å². The SMILES string of the molecule is Cl.O=C(NCC1CNC1)c1cccn1-c1ccc(I)cc1. The van der Waals surface area contributed by atoms with Crippen molar-refractivity contribution in [2.45, 2.75) is 0 Å². The van der Waals surface area contributed by atoms with Crippen LogP contribution in [0.3, 0.4) is 0 Å². The normalized spacial score (nSPS) is 14.1. The second-order valence-corrected chi connectivity index (χ2v) is 6.22. The van der Waals surface area contributed by atoms with Gasteiger partial charge in [0.2, 0.25) is 0 Å². The Labute approximate surface area is 143 Å². The summed E-state index contributed by atoms with van der Waals surface area (Å²) >= 11 is 2.27. The second kappa shape index (κ2) is 7.29. The number of hydrogen-bond donors (Lipinski definition) is 2. The maximum Gasteiger partial charge on any atom is 0.268 e. The van der Waals surface area contributed by atoms with Gasteiger partial charge in [-0.2, -0.15) is 0 Å². The van der Waals surface area contributed by atoms with Gasteiger partial charge in [0.15, 0.2) is 0 Å². The van der Waals surface area contributed by atoms with E-state index in [2.05, 4.69) is 33.2 Å². The van der Waals surface area contributed by atoms with Crippen molar-refractivity contribution >= 4 is 40.9 Å². The van der Waals surface area contributed by atoms with E-state index in [1.165, 1.54) is 3.57 Å². The number of carbonyl (C=O) groups excluding carboxylic acids is 1. The molecule has 0 radical (unpaired) electrons. The molecule has 1 fully saturated rings. The molecule has 6 heteroatoms. The Morgan fingerprint density at radius 2 is 2.00 bits per heavy atom. The molecule has 0 bridgehead atoms. The zero-order valence-corrected chi connectivity index (χ0v) is 14.4. The van der Waals surface area contributed by atoms with Crippen LogP contribution in [0.1, 0.15) is 10.5 Å². The molecule has 0 atom stereocenters. The highest BCUT2D eigenvalue weighted by atomic mass is 127. The summed E-state index contributed by atoms with van der Waals surface area (Å²) in [6.07, 6.45) is 1.92. The van der Waals surface area contributed by atoms with Gasteiger partial charge < -0.3 is 15.2 Å². The minimum atomic E-state index is -0.0135. The summed E-state index contributed by atoms with van der Waals surface area (Å²) in [5.74, 6) is 0.557. The van der Waals surface area contributed by atoms with Gasteiger partial charge in [-0.15, -0.1) is 12.4 Å². The van der Waals surface area contributed by atoms with Crippen molar-refractivity contribution in [2.75, 3.05) is 19.6 Å². The smallest absolute Gasteiger partial charge is 0.268 e. The molecule has 4 nitrogen and oxygen atoms in total. The van der Waals surface area contributed by atoms with Gasteiger partial charge in [0.25, 0.3) is 5.91 Å². The highest BCUT2D eigenvalue weighted by Crippen LogP contribution is 2.15. The third kappa shape index (κ3) is 3.78. The fourth-order valence-corrected chi connectivity index (χ4v) is 2.57. The van der Waals surface area contributed by atoms with Crippen LogP contribution in [0.2, 0.25) is 0 Å². The van der Waals surface area contributed by atoms with Gasteiger partial charge in [-0.05, 0) is 59.0 Å². The van der Waals surface area contributed by atoms with Gasteiger partial charge in [-0.25, -0.2) is 0 Å². The minimum Gasteiger partial charge on any atom is -0.350 e. The highest BCUT2D eigenvalue weighted by Gasteiger charge is 2.18. The average molecular weight is 418 g/mol. The Bertz CT molecular complexity index is 608. The summed E-state index contributed by atoms with van der Waals surface area (Å²) in [7, 11) is 0. The van der Waals surface area contributed by atoms with Crippen LogP contribution in [0.15, 0.2) is 42.6 Å². The molecule has 1 saturated heterocycles. The molecule has 2 heterocycles. The van der Waals surface area contributed by atoms with Crippen LogP contribution >= 0.6 is 35.0 Å². The van der Waals surface area contributed by atoms with Crippen LogP contribution in [0, 0.1) is 9.49 Å². The first kappa shape index (κ1) is 16.3. The number of nitrogens with one attached hydrogen (secondary N) is 2. The summed E-state index contributed by atoms with van der Waals surface area (Å²) in [5, 5.41) is 6.21. The first-order valence-electron chi connectivity index (χ1n) is 6.66. The Kier molecular flexibility index (Phi) is 5.66. The van der Waals surface area contributed by atoms with Gasteiger partial charge in [0.1, 0.15) is 5.69 Å². The molecular formula is C15H17ClIN3O. The van der Waals surface area contributed by atoms with E-state index in [9.17, 15) is 4.79 Å². The Balaban J connectivity index is 0.00000161. The van der Waals surface area contributed by atoms with Crippen molar-refractivity contribution in [3.63, 3.8) is 0 Å². The molecule has 112 valence electrons. The predicted molar refractivity (Wildman–Crippen MR) is 94.4 cm³/mol. The Morgan fingerprint density at radius 1 is 1.29 bits per heavy atom. The number of amides is 1. The monoisotopic (exact) mass is 417 g/mol. The van der Waals surface area contributed by atoms with Gasteiger partial charge in [-0.3, -0.25) is 4.79 Å². The first-order valence-corrected chi connectivity index (χ1v) is 7.74. The molecule has 2 N–H and O–H groups in total. The number of nitrogens with zero attached hydrogens (tertiary/aromatic N) is 1. The van der Waals surface area contributed by atoms with Gasteiger partial charge in [0.05, 0.1) is 0 Å². The standard InChI is InChI=1S/C15H16IN3O.ClH/c16-12-3-5-13(6-4-12)19-7-1-2-14(19)15(20)18-10-11-8-17-9-11;/h1-7,11,17H,8-10H2,(H,18,20);1H. The lowest BCUT2D eigenvalue weighted by molar-refractivity contribution is 0.0935. The van der Waals surface area contributed by atoms with E-state index in [1.54, 1.807) is 0 Å². The minimum absolute atomic E-state index is 0. The number of hydrogen-bond acceptors (Lipinski definition) is 2. The molecule has 1 aromatic heterocycles. The number of rotatable bonds is 4. The lowest BCUT2D eigenvalue weighted by Gasteiger charge is -2.27. The molecule has 1 aliphatic rings.